The third kappa shape index (κ3) is 4.63. The van der Waals surface area contributed by atoms with Crippen molar-refractivity contribution in [2.45, 2.75) is 46.1 Å². The smallest absolute Gasteiger partial charge is 0.252 e. The van der Waals surface area contributed by atoms with Gasteiger partial charge in [0.2, 0.25) is 0 Å². The molecule has 1 aliphatic heterocycles. The van der Waals surface area contributed by atoms with Crippen molar-refractivity contribution in [3.63, 3.8) is 0 Å². The van der Waals surface area contributed by atoms with Crippen LogP contribution in [0.2, 0.25) is 0 Å². The van der Waals surface area contributed by atoms with Gasteiger partial charge in [0, 0.05) is 0 Å². The van der Waals surface area contributed by atoms with Gasteiger partial charge in [-0.1, -0.05) is 25.5 Å². The summed E-state index contributed by atoms with van der Waals surface area (Å²) in [6, 6.07) is 0. The first-order chi connectivity index (χ1) is 8.09. The summed E-state index contributed by atoms with van der Waals surface area (Å²) in [5.74, 6) is 1.36. The molecule has 3 heteroatoms. The minimum atomic E-state index is -0.134. The third-order valence-corrected chi connectivity index (χ3v) is 2.40. The average molecular weight is 237 g/mol. The minimum absolute atomic E-state index is 0.134. The quantitative estimate of drug-likeness (QED) is 0.523. The first kappa shape index (κ1) is 13.8. The zero-order valence-corrected chi connectivity index (χ0v) is 11.3. The zero-order chi connectivity index (χ0) is 12.7. The standard InChI is InChI=1S/C14H23NO2/c1-5-7-8-9-10-16-12(6-2)13-15-14(3,4)11-17-13/h6,8-9H,5,7,10-11H2,1-4H3/b9-8+,12-6+. The van der Waals surface area contributed by atoms with Crippen molar-refractivity contribution in [2.24, 2.45) is 4.99 Å². The molecule has 0 aromatic rings. The number of unbranched alkanes of at least 4 members (excludes halogenated alkanes) is 1. The molecular formula is C14H23NO2. The number of hydrogen-bond donors (Lipinski definition) is 0. The van der Waals surface area contributed by atoms with E-state index in [-0.39, 0.29) is 5.54 Å². The van der Waals surface area contributed by atoms with Crippen molar-refractivity contribution in [2.75, 3.05) is 13.2 Å². The lowest BCUT2D eigenvalue weighted by Crippen LogP contribution is -2.17. The van der Waals surface area contributed by atoms with Crippen LogP contribution in [-0.2, 0) is 9.47 Å². The van der Waals surface area contributed by atoms with Gasteiger partial charge in [-0.3, -0.25) is 0 Å². The fourth-order valence-corrected chi connectivity index (χ4v) is 1.47. The summed E-state index contributed by atoms with van der Waals surface area (Å²) in [5.41, 5.74) is -0.134. The van der Waals surface area contributed by atoms with Crippen molar-refractivity contribution in [1.82, 2.24) is 0 Å². The van der Waals surface area contributed by atoms with Crippen molar-refractivity contribution in [3.8, 4) is 0 Å². The Morgan fingerprint density at radius 3 is 2.76 bits per heavy atom. The molecule has 0 unspecified atom stereocenters. The second kappa shape index (κ2) is 6.48. The van der Waals surface area contributed by atoms with Gasteiger partial charge < -0.3 is 9.47 Å². The summed E-state index contributed by atoms with van der Waals surface area (Å²) in [4.78, 5) is 4.48. The van der Waals surface area contributed by atoms with Gasteiger partial charge in [0.05, 0.1) is 5.54 Å². The fraction of sp³-hybridized carbons (Fsp3) is 0.643. The second-order valence-corrected chi connectivity index (χ2v) is 4.74. The second-order valence-electron chi connectivity index (χ2n) is 4.74. The van der Waals surface area contributed by atoms with Gasteiger partial charge in [0.25, 0.3) is 5.90 Å². The lowest BCUT2D eigenvalue weighted by molar-refractivity contribution is 0.232. The van der Waals surface area contributed by atoms with Gasteiger partial charge in [-0.05, 0) is 33.3 Å². The number of aliphatic imine (C=N–C) groups is 1. The zero-order valence-electron chi connectivity index (χ0n) is 11.3. The van der Waals surface area contributed by atoms with Crippen LogP contribution in [0.15, 0.2) is 29.0 Å². The van der Waals surface area contributed by atoms with E-state index in [1.807, 2.05) is 19.1 Å². The Bertz CT molecular complexity index is 327. The number of allylic oxidation sites excluding steroid dienone is 2. The van der Waals surface area contributed by atoms with Gasteiger partial charge in [-0.15, -0.1) is 0 Å². The molecule has 96 valence electrons. The lowest BCUT2D eigenvalue weighted by Gasteiger charge is -2.07. The molecule has 0 saturated heterocycles. The van der Waals surface area contributed by atoms with E-state index in [9.17, 15) is 0 Å². The molecule has 0 aromatic heterocycles. The first-order valence-electron chi connectivity index (χ1n) is 6.26. The van der Waals surface area contributed by atoms with Gasteiger partial charge in [0.15, 0.2) is 5.76 Å². The Labute approximate surface area is 104 Å². The number of hydrogen-bond acceptors (Lipinski definition) is 3. The maximum absolute atomic E-state index is 5.63. The van der Waals surface area contributed by atoms with Crippen molar-refractivity contribution in [1.29, 1.82) is 0 Å². The van der Waals surface area contributed by atoms with Crippen LogP contribution in [0.1, 0.15) is 40.5 Å². The maximum Gasteiger partial charge on any atom is 0.252 e. The van der Waals surface area contributed by atoms with E-state index in [0.29, 0.717) is 19.1 Å². The summed E-state index contributed by atoms with van der Waals surface area (Å²) in [5, 5.41) is 0. The predicted molar refractivity (Wildman–Crippen MR) is 71.2 cm³/mol. The normalized spacial score (nSPS) is 19.3. The molecule has 0 N–H and O–H groups in total. The Morgan fingerprint density at radius 2 is 2.24 bits per heavy atom. The van der Waals surface area contributed by atoms with Crippen molar-refractivity contribution in [3.05, 3.63) is 24.0 Å². The van der Waals surface area contributed by atoms with Crippen molar-refractivity contribution < 1.29 is 9.47 Å². The number of rotatable bonds is 6. The van der Waals surface area contributed by atoms with Crippen LogP contribution >= 0.6 is 0 Å². The summed E-state index contributed by atoms with van der Waals surface area (Å²) < 4.78 is 11.2. The highest BCUT2D eigenvalue weighted by Gasteiger charge is 2.28. The van der Waals surface area contributed by atoms with Gasteiger partial charge >= 0.3 is 0 Å². The molecule has 0 atom stereocenters. The van der Waals surface area contributed by atoms with E-state index in [1.165, 1.54) is 0 Å². The van der Waals surface area contributed by atoms with Gasteiger partial charge in [0.1, 0.15) is 13.2 Å². The van der Waals surface area contributed by atoms with Crippen LogP contribution in [-0.4, -0.2) is 24.7 Å². The van der Waals surface area contributed by atoms with E-state index in [0.717, 1.165) is 18.6 Å². The van der Waals surface area contributed by atoms with Crippen molar-refractivity contribution >= 4 is 5.90 Å². The lowest BCUT2D eigenvalue weighted by atomic mass is 10.1. The third-order valence-electron chi connectivity index (χ3n) is 2.40. The molecule has 3 nitrogen and oxygen atoms in total. The summed E-state index contributed by atoms with van der Waals surface area (Å²) >= 11 is 0. The molecule has 1 rings (SSSR count). The molecule has 0 aliphatic carbocycles. The summed E-state index contributed by atoms with van der Waals surface area (Å²) in [7, 11) is 0. The highest BCUT2D eigenvalue weighted by molar-refractivity contribution is 5.92. The van der Waals surface area contributed by atoms with Gasteiger partial charge in [-0.2, -0.15) is 0 Å². The Kier molecular flexibility index (Phi) is 5.26. The minimum Gasteiger partial charge on any atom is -0.484 e. The van der Waals surface area contributed by atoms with Crippen LogP contribution in [0.5, 0.6) is 0 Å². The molecule has 0 saturated carbocycles. The molecule has 17 heavy (non-hydrogen) atoms. The summed E-state index contributed by atoms with van der Waals surface area (Å²) in [6.07, 6.45) is 8.33. The Hall–Kier alpha value is -1.25. The van der Waals surface area contributed by atoms with Crippen LogP contribution in [0.25, 0.3) is 0 Å². The van der Waals surface area contributed by atoms with E-state index in [4.69, 9.17) is 9.47 Å². The molecule has 1 heterocycles. The van der Waals surface area contributed by atoms with Gasteiger partial charge in [-0.25, -0.2) is 4.99 Å². The van der Waals surface area contributed by atoms with Crippen LogP contribution in [0.4, 0.5) is 0 Å². The van der Waals surface area contributed by atoms with Crippen LogP contribution in [0.3, 0.4) is 0 Å². The molecule has 0 fully saturated rings. The largest absolute Gasteiger partial charge is 0.484 e. The topological polar surface area (TPSA) is 30.8 Å². The molecule has 0 bridgehead atoms. The van der Waals surface area contributed by atoms with E-state index >= 15 is 0 Å². The Morgan fingerprint density at radius 1 is 1.47 bits per heavy atom. The molecule has 0 amide bonds. The number of ether oxygens (including phenoxy) is 2. The number of nitrogens with zero attached hydrogens (tertiary/aromatic N) is 1. The van der Waals surface area contributed by atoms with E-state index < -0.39 is 0 Å². The summed E-state index contributed by atoms with van der Waals surface area (Å²) in [6.45, 7) is 9.38. The average Bonchev–Trinajstić information content (AvgIpc) is 2.64. The molecular weight excluding hydrogens is 214 g/mol. The SMILES string of the molecule is C/C=C(/OC/C=C/CCC)C1=NC(C)(C)CO1. The molecule has 1 aliphatic rings. The highest BCUT2D eigenvalue weighted by atomic mass is 16.5. The predicted octanol–water partition coefficient (Wildman–Crippen LogP) is 3.47. The van der Waals surface area contributed by atoms with E-state index in [1.54, 1.807) is 0 Å². The molecule has 0 spiro atoms. The Balaban J connectivity index is 2.46. The maximum atomic E-state index is 5.63. The highest BCUT2D eigenvalue weighted by Crippen LogP contribution is 2.20. The monoisotopic (exact) mass is 237 g/mol. The molecule has 0 radical (unpaired) electrons. The van der Waals surface area contributed by atoms with E-state index in [2.05, 4.69) is 31.8 Å². The molecule has 0 aromatic carbocycles. The van der Waals surface area contributed by atoms with Crippen LogP contribution < -0.4 is 0 Å². The van der Waals surface area contributed by atoms with Crippen LogP contribution in [0, 0.1) is 0 Å². The first-order valence-corrected chi connectivity index (χ1v) is 6.26. The fourth-order valence-electron chi connectivity index (χ4n) is 1.47.